The summed E-state index contributed by atoms with van der Waals surface area (Å²) in [5.41, 5.74) is 6.91. The first-order chi connectivity index (χ1) is 6.27. The Balaban J connectivity index is 2.52. The van der Waals surface area contributed by atoms with Gasteiger partial charge in [-0.1, -0.05) is 11.3 Å². The average Bonchev–Trinajstić information content (AvgIpc) is 2.53. The Morgan fingerprint density at radius 2 is 2.23 bits per heavy atom. The smallest absolute Gasteiger partial charge is 0.207 e. The van der Waals surface area contributed by atoms with E-state index in [1.165, 1.54) is 11.3 Å². The van der Waals surface area contributed by atoms with E-state index in [2.05, 4.69) is 15.2 Å². The first kappa shape index (κ1) is 8.40. The Bertz CT molecular complexity index is 428. The number of pyridine rings is 1. The Hall–Kier alpha value is -1.20. The van der Waals surface area contributed by atoms with Crippen LogP contribution in [0.3, 0.4) is 0 Å². The minimum Gasteiger partial charge on any atom is -0.397 e. The molecule has 0 spiro atoms. The molecule has 0 saturated heterocycles. The zero-order valence-corrected chi connectivity index (χ0v) is 8.01. The van der Waals surface area contributed by atoms with Gasteiger partial charge in [0.05, 0.1) is 5.69 Å². The van der Waals surface area contributed by atoms with Crippen molar-refractivity contribution in [1.82, 2.24) is 15.2 Å². The average molecular weight is 213 g/mol. The molecular weight excluding hydrogens is 208 g/mol. The van der Waals surface area contributed by atoms with Crippen molar-refractivity contribution in [3.8, 4) is 10.7 Å². The molecule has 0 aliphatic rings. The van der Waals surface area contributed by atoms with Crippen LogP contribution in [-0.4, -0.2) is 15.2 Å². The van der Waals surface area contributed by atoms with Crippen molar-refractivity contribution < 1.29 is 0 Å². The number of hydrogen-bond acceptors (Lipinski definition) is 5. The molecule has 6 heteroatoms. The van der Waals surface area contributed by atoms with Crippen molar-refractivity contribution in [1.29, 1.82) is 0 Å². The number of nitrogen functional groups attached to an aromatic ring is 1. The van der Waals surface area contributed by atoms with E-state index >= 15 is 0 Å². The van der Waals surface area contributed by atoms with Crippen molar-refractivity contribution in [3.05, 3.63) is 22.8 Å². The second-order valence-electron chi connectivity index (χ2n) is 2.30. The van der Waals surface area contributed by atoms with E-state index in [9.17, 15) is 0 Å². The van der Waals surface area contributed by atoms with E-state index in [-0.39, 0.29) is 0 Å². The SMILES string of the molecule is Nc1cccnc1-c1nnc(Cl)s1. The third-order valence-electron chi connectivity index (χ3n) is 1.44. The molecular formula is C7H5ClN4S. The monoisotopic (exact) mass is 212 g/mol. The highest BCUT2D eigenvalue weighted by molar-refractivity contribution is 7.18. The fourth-order valence-electron chi connectivity index (χ4n) is 0.897. The zero-order valence-electron chi connectivity index (χ0n) is 6.44. The molecule has 2 heterocycles. The molecule has 0 aromatic carbocycles. The Morgan fingerprint density at radius 1 is 1.38 bits per heavy atom. The highest BCUT2D eigenvalue weighted by atomic mass is 35.5. The summed E-state index contributed by atoms with van der Waals surface area (Å²) in [5.74, 6) is 0. The van der Waals surface area contributed by atoms with E-state index < -0.39 is 0 Å². The summed E-state index contributed by atoms with van der Waals surface area (Å²) in [4.78, 5) is 4.09. The summed E-state index contributed by atoms with van der Waals surface area (Å²) in [6.07, 6.45) is 1.65. The summed E-state index contributed by atoms with van der Waals surface area (Å²) in [5, 5.41) is 8.16. The topological polar surface area (TPSA) is 64.7 Å². The van der Waals surface area contributed by atoms with Gasteiger partial charge in [-0.3, -0.25) is 4.98 Å². The molecule has 0 atom stereocenters. The summed E-state index contributed by atoms with van der Waals surface area (Å²) >= 11 is 6.89. The lowest BCUT2D eigenvalue weighted by Gasteiger charge is -1.97. The maximum Gasteiger partial charge on any atom is 0.207 e. The number of rotatable bonds is 1. The standard InChI is InChI=1S/C7H5ClN4S/c8-7-12-11-6(13-7)5-4(9)2-1-3-10-5/h1-3H,9H2. The van der Waals surface area contributed by atoms with Gasteiger partial charge >= 0.3 is 0 Å². The Kier molecular flexibility index (Phi) is 2.12. The number of nitrogens with zero attached hydrogens (tertiary/aromatic N) is 3. The minimum atomic E-state index is 0.389. The molecule has 0 aliphatic carbocycles. The lowest BCUT2D eigenvalue weighted by atomic mass is 10.3. The van der Waals surface area contributed by atoms with Crippen LogP contribution in [0.15, 0.2) is 18.3 Å². The van der Waals surface area contributed by atoms with Crippen LogP contribution in [0.5, 0.6) is 0 Å². The molecule has 0 bridgehead atoms. The summed E-state index contributed by atoms with van der Waals surface area (Å²) in [7, 11) is 0. The number of aromatic nitrogens is 3. The quantitative estimate of drug-likeness (QED) is 0.784. The largest absolute Gasteiger partial charge is 0.397 e. The van der Waals surface area contributed by atoms with E-state index in [1.54, 1.807) is 18.3 Å². The molecule has 0 aliphatic heterocycles. The third kappa shape index (κ3) is 1.61. The molecule has 0 unspecified atom stereocenters. The maximum atomic E-state index is 5.70. The van der Waals surface area contributed by atoms with Gasteiger partial charge in [-0.25, -0.2) is 0 Å². The predicted octanol–water partition coefficient (Wildman–Crippen LogP) is 1.84. The van der Waals surface area contributed by atoms with Crippen molar-refractivity contribution in [3.63, 3.8) is 0 Å². The Morgan fingerprint density at radius 3 is 2.85 bits per heavy atom. The van der Waals surface area contributed by atoms with Crippen LogP contribution in [0, 0.1) is 0 Å². The highest BCUT2D eigenvalue weighted by Crippen LogP contribution is 2.27. The maximum absolute atomic E-state index is 5.70. The lowest BCUT2D eigenvalue weighted by Crippen LogP contribution is -1.91. The molecule has 2 rings (SSSR count). The fraction of sp³-hybridized carbons (Fsp3) is 0. The molecule has 66 valence electrons. The highest BCUT2D eigenvalue weighted by Gasteiger charge is 2.08. The van der Waals surface area contributed by atoms with Crippen molar-refractivity contribution in [2.24, 2.45) is 0 Å². The predicted molar refractivity (Wildman–Crippen MR) is 52.6 cm³/mol. The number of anilines is 1. The first-order valence-corrected chi connectivity index (χ1v) is 4.66. The first-order valence-electron chi connectivity index (χ1n) is 3.47. The molecule has 13 heavy (non-hydrogen) atoms. The van der Waals surface area contributed by atoms with Crippen LogP contribution in [0.2, 0.25) is 4.47 Å². The molecule has 4 nitrogen and oxygen atoms in total. The second kappa shape index (κ2) is 3.27. The van der Waals surface area contributed by atoms with Gasteiger partial charge in [-0.05, 0) is 23.7 Å². The molecule has 0 amide bonds. The summed E-state index contributed by atoms with van der Waals surface area (Å²) < 4.78 is 0.389. The van der Waals surface area contributed by atoms with Crippen LogP contribution in [0.1, 0.15) is 0 Å². The van der Waals surface area contributed by atoms with Gasteiger partial charge in [0.1, 0.15) is 5.69 Å². The van der Waals surface area contributed by atoms with Gasteiger partial charge in [0.2, 0.25) is 4.47 Å². The zero-order chi connectivity index (χ0) is 9.26. The second-order valence-corrected chi connectivity index (χ2v) is 3.86. The van der Waals surface area contributed by atoms with Crippen LogP contribution < -0.4 is 5.73 Å². The van der Waals surface area contributed by atoms with Crippen molar-refractivity contribution in [2.75, 3.05) is 5.73 Å². The van der Waals surface area contributed by atoms with Gasteiger partial charge in [-0.2, -0.15) is 0 Å². The van der Waals surface area contributed by atoms with E-state index in [4.69, 9.17) is 17.3 Å². The molecule has 2 aromatic heterocycles. The van der Waals surface area contributed by atoms with E-state index in [0.29, 0.717) is 20.9 Å². The normalized spacial score (nSPS) is 10.2. The van der Waals surface area contributed by atoms with Crippen LogP contribution in [0.4, 0.5) is 5.69 Å². The van der Waals surface area contributed by atoms with Crippen molar-refractivity contribution >= 4 is 28.6 Å². The number of hydrogen-bond donors (Lipinski definition) is 1. The van der Waals surface area contributed by atoms with Gasteiger partial charge in [0.15, 0.2) is 5.01 Å². The molecule has 2 aromatic rings. The van der Waals surface area contributed by atoms with E-state index in [1.807, 2.05) is 0 Å². The molecule has 0 saturated carbocycles. The van der Waals surface area contributed by atoms with Crippen molar-refractivity contribution in [2.45, 2.75) is 0 Å². The van der Waals surface area contributed by atoms with Crippen LogP contribution in [-0.2, 0) is 0 Å². The van der Waals surface area contributed by atoms with Crippen LogP contribution in [0.25, 0.3) is 10.7 Å². The molecule has 0 radical (unpaired) electrons. The van der Waals surface area contributed by atoms with Gasteiger partial charge in [-0.15, -0.1) is 10.2 Å². The summed E-state index contributed by atoms with van der Waals surface area (Å²) in [6.45, 7) is 0. The summed E-state index contributed by atoms with van der Waals surface area (Å²) in [6, 6.07) is 3.53. The molecule has 0 fully saturated rings. The number of halogens is 1. The van der Waals surface area contributed by atoms with Gasteiger partial charge in [0.25, 0.3) is 0 Å². The minimum absolute atomic E-state index is 0.389. The van der Waals surface area contributed by atoms with Gasteiger partial charge in [0, 0.05) is 6.20 Å². The Labute approximate surface area is 83.4 Å². The number of nitrogens with two attached hydrogens (primary N) is 1. The molecule has 2 N–H and O–H groups in total. The van der Waals surface area contributed by atoms with Gasteiger partial charge < -0.3 is 5.73 Å². The lowest BCUT2D eigenvalue weighted by molar-refractivity contribution is 1.09. The fourth-order valence-corrected chi connectivity index (χ4v) is 1.74. The van der Waals surface area contributed by atoms with E-state index in [0.717, 1.165) is 0 Å². The third-order valence-corrected chi connectivity index (χ3v) is 2.47. The van der Waals surface area contributed by atoms with Crippen LogP contribution >= 0.6 is 22.9 Å².